The molecule has 0 aliphatic rings. The Balaban J connectivity index is 3.41. The van der Waals surface area contributed by atoms with E-state index in [1.165, 1.54) is 0 Å². The molecule has 0 saturated carbocycles. The first-order valence-corrected chi connectivity index (χ1v) is 3.75. The summed E-state index contributed by atoms with van der Waals surface area (Å²) in [4.78, 5) is 10.7. The minimum absolute atomic E-state index is 0.0800. The Morgan fingerprint density at radius 1 is 1.64 bits per heavy atom. The topological polar surface area (TPSA) is 29.1 Å². The van der Waals surface area contributed by atoms with Crippen LogP contribution in [-0.2, 0) is 4.79 Å². The lowest BCUT2D eigenvalue weighted by molar-refractivity contribution is -0.120. The fourth-order valence-corrected chi connectivity index (χ4v) is 0.558. The maximum Gasteiger partial charge on any atom is 0.219 e. The summed E-state index contributed by atoms with van der Waals surface area (Å²) in [5.41, 5.74) is 0.996. The highest BCUT2D eigenvalue weighted by Crippen LogP contribution is 1.86. The highest BCUT2D eigenvalue weighted by atomic mass is 16.1. The highest BCUT2D eigenvalue weighted by molar-refractivity contribution is 5.75. The predicted molar refractivity (Wildman–Crippen MR) is 47.3 cm³/mol. The molecule has 1 amide bonds. The second kappa shape index (κ2) is 5.71. The number of hydrogen-bond acceptors (Lipinski definition) is 1. The van der Waals surface area contributed by atoms with Crippen LogP contribution in [0.15, 0.2) is 24.3 Å². The van der Waals surface area contributed by atoms with E-state index < -0.39 is 0 Å². The van der Waals surface area contributed by atoms with Crippen LogP contribution in [0.4, 0.5) is 0 Å². The van der Waals surface area contributed by atoms with E-state index in [1.807, 2.05) is 26.0 Å². The van der Waals surface area contributed by atoms with Gasteiger partial charge in [-0.25, -0.2) is 0 Å². The number of carbonyl (C=O) groups is 1. The third-order valence-electron chi connectivity index (χ3n) is 1.14. The van der Waals surface area contributed by atoms with Crippen LogP contribution in [0.1, 0.15) is 20.3 Å². The Kier molecular flexibility index (Phi) is 5.17. The van der Waals surface area contributed by atoms with Crippen molar-refractivity contribution in [3.8, 4) is 0 Å². The zero-order valence-corrected chi connectivity index (χ0v) is 7.18. The second-order valence-corrected chi connectivity index (χ2v) is 2.41. The predicted octanol–water partition coefficient (Wildman–Crippen LogP) is 1.64. The van der Waals surface area contributed by atoms with E-state index in [0.717, 1.165) is 5.57 Å². The number of hydrogen-bond donors (Lipinski definition) is 1. The van der Waals surface area contributed by atoms with Gasteiger partial charge in [0, 0.05) is 13.0 Å². The molecular formula is C9H15NO. The van der Waals surface area contributed by atoms with E-state index in [0.29, 0.717) is 13.0 Å². The molecule has 0 spiro atoms. The first kappa shape index (κ1) is 9.95. The molecule has 2 heteroatoms. The third kappa shape index (κ3) is 6.84. The van der Waals surface area contributed by atoms with Crippen LogP contribution >= 0.6 is 0 Å². The van der Waals surface area contributed by atoms with Crippen molar-refractivity contribution in [2.75, 3.05) is 6.54 Å². The van der Waals surface area contributed by atoms with Crippen LogP contribution < -0.4 is 5.32 Å². The zero-order chi connectivity index (χ0) is 8.69. The lowest BCUT2D eigenvalue weighted by Gasteiger charge is -1.96. The molecule has 0 aromatic carbocycles. The van der Waals surface area contributed by atoms with E-state index in [9.17, 15) is 4.79 Å². The van der Waals surface area contributed by atoms with Gasteiger partial charge in [0.1, 0.15) is 0 Å². The number of carbonyl (C=O) groups excluding carboxylic acids is 1. The van der Waals surface area contributed by atoms with Gasteiger partial charge in [0.2, 0.25) is 5.91 Å². The molecule has 0 aliphatic heterocycles. The van der Waals surface area contributed by atoms with Gasteiger partial charge >= 0.3 is 0 Å². The Bertz CT molecular complexity index is 170. The van der Waals surface area contributed by atoms with Gasteiger partial charge in [-0.2, -0.15) is 0 Å². The van der Waals surface area contributed by atoms with E-state index in [2.05, 4.69) is 11.9 Å². The van der Waals surface area contributed by atoms with Crippen molar-refractivity contribution in [3.05, 3.63) is 24.3 Å². The molecule has 2 nitrogen and oxygen atoms in total. The molecule has 0 aromatic rings. The normalized spacial score (nSPS) is 10.0. The van der Waals surface area contributed by atoms with Gasteiger partial charge in [-0.15, -0.1) is 0 Å². The molecule has 0 radical (unpaired) electrons. The van der Waals surface area contributed by atoms with Crippen molar-refractivity contribution >= 4 is 5.91 Å². The molecule has 0 unspecified atom stereocenters. The van der Waals surface area contributed by atoms with Gasteiger partial charge in [0.25, 0.3) is 0 Å². The first-order valence-electron chi connectivity index (χ1n) is 3.75. The Morgan fingerprint density at radius 2 is 2.27 bits per heavy atom. The van der Waals surface area contributed by atoms with Crippen LogP contribution in [0.5, 0.6) is 0 Å². The molecular weight excluding hydrogens is 138 g/mol. The average molecular weight is 153 g/mol. The van der Waals surface area contributed by atoms with Gasteiger partial charge in [-0.1, -0.05) is 31.2 Å². The summed E-state index contributed by atoms with van der Waals surface area (Å²) in [6.45, 7) is 8.04. The quantitative estimate of drug-likeness (QED) is 0.611. The van der Waals surface area contributed by atoms with Crippen LogP contribution in [-0.4, -0.2) is 12.5 Å². The van der Waals surface area contributed by atoms with E-state index in [1.54, 1.807) is 0 Å². The largest absolute Gasteiger partial charge is 0.353 e. The van der Waals surface area contributed by atoms with Crippen LogP contribution in [0.25, 0.3) is 0 Å². The van der Waals surface area contributed by atoms with Crippen molar-refractivity contribution in [2.45, 2.75) is 20.3 Å². The fourth-order valence-electron chi connectivity index (χ4n) is 0.558. The van der Waals surface area contributed by atoms with Gasteiger partial charge in [-0.3, -0.25) is 4.79 Å². The standard InChI is InChI=1S/C9H15NO/c1-4-9(11)10-7-5-6-8(2)3/h5-6H,2,4,7H2,1,3H3,(H,10,11)/b6-5-. The van der Waals surface area contributed by atoms with Gasteiger partial charge in [0.15, 0.2) is 0 Å². The zero-order valence-electron chi connectivity index (χ0n) is 7.18. The summed E-state index contributed by atoms with van der Waals surface area (Å²) < 4.78 is 0. The van der Waals surface area contributed by atoms with E-state index >= 15 is 0 Å². The highest BCUT2D eigenvalue weighted by Gasteiger charge is 1.90. The monoisotopic (exact) mass is 153 g/mol. The molecule has 0 bridgehead atoms. The minimum atomic E-state index is 0.0800. The molecule has 0 heterocycles. The van der Waals surface area contributed by atoms with Crippen LogP contribution in [0.2, 0.25) is 0 Å². The minimum Gasteiger partial charge on any atom is -0.353 e. The Morgan fingerprint density at radius 3 is 2.73 bits per heavy atom. The molecule has 0 rings (SSSR count). The number of nitrogens with one attached hydrogen (secondary N) is 1. The summed E-state index contributed by atoms with van der Waals surface area (Å²) in [6.07, 6.45) is 4.31. The second-order valence-electron chi connectivity index (χ2n) is 2.41. The summed E-state index contributed by atoms with van der Waals surface area (Å²) in [6, 6.07) is 0. The van der Waals surface area contributed by atoms with Gasteiger partial charge < -0.3 is 5.32 Å². The van der Waals surface area contributed by atoms with Gasteiger partial charge in [-0.05, 0) is 6.92 Å². The molecule has 11 heavy (non-hydrogen) atoms. The lowest BCUT2D eigenvalue weighted by Crippen LogP contribution is -2.21. The van der Waals surface area contributed by atoms with E-state index in [4.69, 9.17) is 0 Å². The number of rotatable bonds is 4. The smallest absolute Gasteiger partial charge is 0.219 e. The SMILES string of the molecule is C=C(C)/C=C\CNC(=O)CC. The summed E-state index contributed by atoms with van der Waals surface area (Å²) in [7, 11) is 0. The maximum absolute atomic E-state index is 10.7. The fraction of sp³-hybridized carbons (Fsp3) is 0.444. The first-order chi connectivity index (χ1) is 5.16. The van der Waals surface area contributed by atoms with Crippen molar-refractivity contribution in [1.82, 2.24) is 5.32 Å². The summed E-state index contributed by atoms with van der Waals surface area (Å²) in [5.74, 6) is 0.0800. The molecule has 0 fully saturated rings. The van der Waals surface area contributed by atoms with Crippen molar-refractivity contribution in [3.63, 3.8) is 0 Å². The lowest BCUT2D eigenvalue weighted by atomic mass is 10.3. The third-order valence-corrected chi connectivity index (χ3v) is 1.14. The Labute approximate surface area is 68.0 Å². The Hall–Kier alpha value is -1.05. The molecule has 0 saturated heterocycles. The molecule has 0 aromatic heterocycles. The van der Waals surface area contributed by atoms with Crippen molar-refractivity contribution < 1.29 is 4.79 Å². The van der Waals surface area contributed by atoms with Crippen LogP contribution in [0.3, 0.4) is 0 Å². The number of allylic oxidation sites excluding steroid dienone is 2. The van der Waals surface area contributed by atoms with E-state index in [-0.39, 0.29) is 5.91 Å². The molecule has 1 N–H and O–H groups in total. The number of amides is 1. The summed E-state index contributed by atoms with van der Waals surface area (Å²) >= 11 is 0. The van der Waals surface area contributed by atoms with Crippen molar-refractivity contribution in [2.24, 2.45) is 0 Å². The molecule has 0 atom stereocenters. The molecule has 62 valence electrons. The maximum atomic E-state index is 10.7. The summed E-state index contributed by atoms with van der Waals surface area (Å²) in [5, 5.41) is 2.72. The van der Waals surface area contributed by atoms with Crippen LogP contribution in [0, 0.1) is 0 Å². The molecule has 0 aliphatic carbocycles. The average Bonchev–Trinajstić information content (AvgIpc) is 1.97. The van der Waals surface area contributed by atoms with Gasteiger partial charge in [0.05, 0.1) is 0 Å². The van der Waals surface area contributed by atoms with Crippen molar-refractivity contribution in [1.29, 1.82) is 0 Å².